The van der Waals surface area contributed by atoms with E-state index >= 15 is 0 Å². The van der Waals surface area contributed by atoms with Crippen LogP contribution in [-0.2, 0) is 13.6 Å². The van der Waals surface area contributed by atoms with E-state index < -0.39 is 4.92 Å². The molecule has 0 saturated heterocycles. The smallest absolute Gasteiger partial charge is 0.358 e. The highest BCUT2D eigenvalue weighted by molar-refractivity contribution is 7.15. The molecule has 0 aliphatic rings. The van der Waals surface area contributed by atoms with E-state index in [-0.39, 0.29) is 11.6 Å². The molecule has 98 valence electrons. The summed E-state index contributed by atoms with van der Waals surface area (Å²) in [6.45, 7) is 0.322. The molecule has 0 spiro atoms. The Kier molecular flexibility index (Phi) is 2.63. The Morgan fingerprint density at radius 1 is 1.58 bits per heavy atom. The van der Waals surface area contributed by atoms with E-state index in [4.69, 9.17) is 0 Å². The molecular formula is C9H9N7O2S. The second-order valence-electron chi connectivity index (χ2n) is 3.81. The molecule has 9 nitrogen and oxygen atoms in total. The van der Waals surface area contributed by atoms with Crippen LogP contribution in [0.1, 0.15) is 5.82 Å². The third-order valence-corrected chi connectivity index (χ3v) is 3.39. The van der Waals surface area contributed by atoms with Crippen molar-refractivity contribution >= 4 is 27.9 Å². The van der Waals surface area contributed by atoms with Crippen LogP contribution in [0.2, 0.25) is 0 Å². The van der Waals surface area contributed by atoms with Crippen LogP contribution in [0.5, 0.6) is 0 Å². The lowest BCUT2D eigenvalue weighted by atomic mass is 10.5. The molecule has 10 heteroatoms. The SMILES string of the molecule is Cn1cnnc1CNc1nc2sccn2c1[N+](=O)[O-]. The van der Waals surface area contributed by atoms with Crippen molar-refractivity contribution < 1.29 is 4.92 Å². The zero-order valence-corrected chi connectivity index (χ0v) is 10.7. The number of thiazole rings is 1. The summed E-state index contributed by atoms with van der Waals surface area (Å²) in [5.41, 5.74) is 0. The molecule has 0 unspecified atom stereocenters. The first-order valence-electron chi connectivity index (χ1n) is 5.33. The van der Waals surface area contributed by atoms with Crippen LogP contribution < -0.4 is 5.32 Å². The highest BCUT2D eigenvalue weighted by atomic mass is 32.1. The van der Waals surface area contributed by atoms with Gasteiger partial charge < -0.3 is 20.0 Å². The average Bonchev–Trinajstić information content (AvgIpc) is 3.00. The van der Waals surface area contributed by atoms with Gasteiger partial charge in [-0.15, -0.1) is 10.2 Å². The van der Waals surface area contributed by atoms with E-state index in [1.54, 1.807) is 29.5 Å². The third kappa shape index (κ3) is 1.91. The maximum absolute atomic E-state index is 11.1. The molecule has 0 aliphatic heterocycles. The summed E-state index contributed by atoms with van der Waals surface area (Å²) >= 11 is 1.34. The summed E-state index contributed by atoms with van der Waals surface area (Å²) < 4.78 is 3.18. The molecule has 0 atom stereocenters. The summed E-state index contributed by atoms with van der Waals surface area (Å²) in [6.07, 6.45) is 3.19. The van der Waals surface area contributed by atoms with Gasteiger partial charge in [-0.3, -0.25) is 0 Å². The number of aryl methyl sites for hydroxylation is 1. The minimum absolute atomic E-state index is 0.0709. The van der Waals surface area contributed by atoms with E-state index in [0.29, 0.717) is 17.3 Å². The number of fused-ring (bicyclic) bond motifs is 1. The van der Waals surface area contributed by atoms with Crippen molar-refractivity contribution in [1.82, 2.24) is 24.1 Å². The van der Waals surface area contributed by atoms with Crippen LogP contribution in [0.3, 0.4) is 0 Å². The molecule has 3 heterocycles. The molecule has 0 saturated carbocycles. The number of nitrogens with one attached hydrogen (secondary N) is 1. The van der Waals surface area contributed by atoms with Crippen molar-refractivity contribution in [3.8, 4) is 0 Å². The van der Waals surface area contributed by atoms with E-state index in [1.807, 2.05) is 0 Å². The van der Waals surface area contributed by atoms with Gasteiger partial charge in [-0.1, -0.05) is 11.3 Å². The standard InChI is InChI=1S/C9H9N7O2S/c1-14-5-11-13-6(14)4-10-7-8(16(17)18)15-2-3-19-9(15)12-7/h2-3,5,10H,4H2,1H3. The normalized spacial score (nSPS) is 11.0. The monoisotopic (exact) mass is 279 g/mol. The molecule has 0 bridgehead atoms. The molecule has 0 aromatic carbocycles. The van der Waals surface area contributed by atoms with E-state index in [2.05, 4.69) is 20.5 Å². The molecule has 0 radical (unpaired) electrons. The summed E-state index contributed by atoms with van der Waals surface area (Å²) in [5.74, 6) is 0.837. The van der Waals surface area contributed by atoms with Gasteiger partial charge in [-0.05, 0) is 4.92 Å². The predicted molar refractivity (Wildman–Crippen MR) is 68.1 cm³/mol. The molecule has 0 aliphatic carbocycles. The number of aromatic nitrogens is 5. The predicted octanol–water partition coefficient (Wildman–Crippen LogP) is 1.04. The first-order chi connectivity index (χ1) is 9.16. The minimum Gasteiger partial charge on any atom is -0.358 e. The van der Waals surface area contributed by atoms with E-state index in [0.717, 1.165) is 0 Å². The van der Waals surface area contributed by atoms with Gasteiger partial charge in [0.2, 0.25) is 5.82 Å². The van der Waals surface area contributed by atoms with Crippen molar-refractivity contribution in [2.45, 2.75) is 6.54 Å². The fraction of sp³-hybridized carbons (Fsp3) is 0.222. The van der Waals surface area contributed by atoms with Gasteiger partial charge in [0.1, 0.15) is 12.5 Å². The Balaban J connectivity index is 1.92. The van der Waals surface area contributed by atoms with Gasteiger partial charge in [-0.25, -0.2) is 0 Å². The van der Waals surface area contributed by atoms with Crippen LogP contribution >= 0.6 is 11.3 Å². The topological polar surface area (TPSA) is 103 Å². The van der Waals surface area contributed by atoms with Crippen LogP contribution in [0.4, 0.5) is 11.6 Å². The number of rotatable bonds is 4. The average molecular weight is 279 g/mol. The summed E-state index contributed by atoms with van der Waals surface area (Å²) in [7, 11) is 1.80. The highest BCUT2D eigenvalue weighted by Gasteiger charge is 2.23. The zero-order chi connectivity index (χ0) is 13.4. The third-order valence-electron chi connectivity index (χ3n) is 2.63. The summed E-state index contributed by atoms with van der Waals surface area (Å²) in [5, 5.41) is 23.4. The molecule has 3 aromatic rings. The lowest BCUT2D eigenvalue weighted by Crippen LogP contribution is -2.07. The van der Waals surface area contributed by atoms with Crippen molar-refractivity contribution in [1.29, 1.82) is 0 Å². The van der Waals surface area contributed by atoms with Crippen LogP contribution in [0.15, 0.2) is 17.9 Å². The van der Waals surface area contributed by atoms with Gasteiger partial charge in [0, 0.05) is 12.4 Å². The van der Waals surface area contributed by atoms with Crippen molar-refractivity contribution in [3.05, 3.63) is 33.8 Å². The molecule has 1 N–H and O–H groups in total. The molecule has 0 amide bonds. The molecule has 3 aromatic heterocycles. The zero-order valence-electron chi connectivity index (χ0n) is 9.85. The lowest BCUT2D eigenvalue weighted by Gasteiger charge is -2.02. The van der Waals surface area contributed by atoms with Gasteiger partial charge >= 0.3 is 5.82 Å². The maximum atomic E-state index is 11.1. The quantitative estimate of drug-likeness (QED) is 0.565. The Bertz CT molecular complexity index is 743. The first-order valence-corrected chi connectivity index (χ1v) is 6.21. The molecule has 3 rings (SSSR count). The van der Waals surface area contributed by atoms with Crippen LogP contribution in [0, 0.1) is 10.1 Å². The second kappa shape index (κ2) is 4.31. The van der Waals surface area contributed by atoms with Crippen LogP contribution in [0.25, 0.3) is 4.96 Å². The summed E-state index contributed by atoms with van der Waals surface area (Å²) in [4.78, 5) is 15.4. The molecular weight excluding hydrogens is 270 g/mol. The fourth-order valence-corrected chi connectivity index (χ4v) is 2.41. The number of anilines is 1. The number of imidazole rings is 1. The number of hydrogen-bond acceptors (Lipinski definition) is 7. The van der Waals surface area contributed by atoms with E-state index in [9.17, 15) is 10.1 Å². The second-order valence-corrected chi connectivity index (χ2v) is 4.68. The summed E-state index contributed by atoms with van der Waals surface area (Å²) in [6, 6.07) is 0. The Labute approximate surface area is 110 Å². The minimum atomic E-state index is -0.453. The van der Waals surface area contributed by atoms with E-state index in [1.165, 1.54) is 15.7 Å². The number of hydrogen-bond donors (Lipinski definition) is 1. The first kappa shape index (κ1) is 11.6. The maximum Gasteiger partial charge on any atom is 0.372 e. The van der Waals surface area contributed by atoms with Crippen molar-refractivity contribution in [2.24, 2.45) is 7.05 Å². The van der Waals surface area contributed by atoms with Gasteiger partial charge in [0.15, 0.2) is 5.82 Å². The number of nitro groups is 1. The Morgan fingerprint density at radius 3 is 3.11 bits per heavy atom. The van der Waals surface area contributed by atoms with Crippen LogP contribution in [-0.4, -0.2) is 29.1 Å². The Morgan fingerprint density at radius 2 is 2.42 bits per heavy atom. The van der Waals surface area contributed by atoms with Gasteiger partial charge in [-0.2, -0.15) is 9.38 Å². The largest absolute Gasteiger partial charge is 0.372 e. The molecule has 0 fully saturated rings. The number of nitrogens with zero attached hydrogens (tertiary/aromatic N) is 6. The lowest BCUT2D eigenvalue weighted by molar-refractivity contribution is -0.389. The molecule has 19 heavy (non-hydrogen) atoms. The van der Waals surface area contributed by atoms with Gasteiger partial charge in [0.05, 0.1) is 6.54 Å². The van der Waals surface area contributed by atoms with Gasteiger partial charge in [0.25, 0.3) is 4.96 Å². The van der Waals surface area contributed by atoms with Crippen molar-refractivity contribution in [3.63, 3.8) is 0 Å². The fourth-order valence-electron chi connectivity index (χ4n) is 1.70. The van der Waals surface area contributed by atoms with Crippen molar-refractivity contribution in [2.75, 3.05) is 5.32 Å². The highest BCUT2D eigenvalue weighted by Crippen LogP contribution is 2.28. The Hall–Kier alpha value is -2.49.